The second-order valence-electron chi connectivity index (χ2n) is 3.52. The van der Waals surface area contributed by atoms with Crippen molar-refractivity contribution in [3.05, 3.63) is 0 Å². The van der Waals surface area contributed by atoms with Gasteiger partial charge in [0, 0.05) is 12.2 Å². The van der Waals surface area contributed by atoms with E-state index < -0.39 is 9.84 Å². The SMILES string of the molecule is CS(=O)(=O)CC(=O)C1CCCC1. The maximum Gasteiger partial charge on any atom is 0.154 e. The topological polar surface area (TPSA) is 51.2 Å². The first kappa shape index (κ1) is 9.71. The van der Waals surface area contributed by atoms with Gasteiger partial charge in [0.25, 0.3) is 0 Å². The fourth-order valence-electron chi connectivity index (χ4n) is 1.62. The molecule has 12 heavy (non-hydrogen) atoms. The Morgan fingerprint density at radius 2 is 1.83 bits per heavy atom. The van der Waals surface area contributed by atoms with Gasteiger partial charge in [0.05, 0.1) is 0 Å². The first-order chi connectivity index (χ1) is 5.49. The molecule has 1 aliphatic carbocycles. The van der Waals surface area contributed by atoms with Gasteiger partial charge in [-0.3, -0.25) is 4.79 Å². The molecule has 1 rings (SSSR count). The van der Waals surface area contributed by atoms with Gasteiger partial charge in [-0.2, -0.15) is 0 Å². The van der Waals surface area contributed by atoms with Crippen LogP contribution < -0.4 is 0 Å². The first-order valence-corrected chi connectivity index (χ1v) is 6.25. The Bertz CT molecular complexity index is 260. The number of hydrogen-bond donors (Lipinski definition) is 0. The average molecular weight is 190 g/mol. The Labute approximate surface area is 73.1 Å². The van der Waals surface area contributed by atoms with Crippen molar-refractivity contribution in [2.24, 2.45) is 5.92 Å². The zero-order valence-corrected chi connectivity index (χ0v) is 8.06. The lowest BCUT2D eigenvalue weighted by Gasteiger charge is -2.05. The van der Waals surface area contributed by atoms with Crippen LogP contribution in [-0.4, -0.2) is 26.2 Å². The minimum atomic E-state index is -3.11. The van der Waals surface area contributed by atoms with Crippen molar-refractivity contribution in [1.82, 2.24) is 0 Å². The summed E-state index contributed by atoms with van der Waals surface area (Å²) in [6, 6.07) is 0. The summed E-state index contributed by atoms with van der Waals surface area (Å²) in [6.07, 6.45) is 5.02. The molecule has 0 unspecified atom stereocenters. The largest absolute Gasteiger partial charge is 0.298 e. The standard InChI is InChI=1S/C8H14O3S/c1-12(10,11)6-8(9)7-4-2-3-5-7/h7H,2-6H2,1H3. The van der Waals surface area contributed by atoms with E-state index in [2.05, 4.69) is 0 Å². The van der Waals surface area contributed by atoms with Crippen molar-refractivity contribution in [1.29, 1.82) is 0 Å². The quantitative estimate of drug-likeness (QED) is 0.661. The van der Waals surface area contributed by atoms with Crippen molar-refractivity contribution in [3.63, 3.8) is 0 Å². The van der Waals surface area contributed by atoms with E-state index in [1.165, 1.54) is 0 Å². The minimum Gasteiger partial charge on any atom is -0.298 e. The van der Waals surface area contributed by atoms with Crippen LogP contribution in [0.5, 0.6) is 0 Å². The van der Waals surface area contributed by atoms with Crippen LogP contribution in [0, 0.1) is 5.92 Å². The molecule has 4 heteroatoms. The van der Waals surface area contributed by atoms with E-state index in [0.29, 0.717) is 0 Å². The molecule has 70 valence electrons. The second-order valence-corrected chi connectivity index (χ2v) is 5.66. The van der Waals surface area contributed by atoms with Crippen LogP contribution >= 0.6 is 0 Å². The lowest BCUT2D eigenvalue weighted by Crippen LogP contribution is -2.20. The molecule has 0 aliphatic heterocycles. The van der Waals surface area contributed by atoms with Gasteiger partial charge in [0.15, 0.2) is 15.6 Å². The van der Waals surface area contributed by atoms with Crippen molar-refractivity contribution in [3.8, 4) is 0 Å². The monoisotopic (exact) mass is 190 g/mol. The number of carbonyl (C=O) groups excluding carboxylic acids is 1. The fraction of sp³-hybridized carbons (Fsp3) is 0.875. The highest BCUT2D eigenvalue weighted by molar-refractivity contribution is 7.91. The zero-order chi connectivity index (χ0) is 9.19. The molecule has 0 spiro atoms. The Morgan fingerprint density at radius 3 is 2.25 bits per heavy atom. The van der Waals surface area contributed by atoms with Crippen LogP contribution in [0.4, 0.5) is 0 Å². The molecule has 1 saturated carbocycles. The van der Waals surface area contributed by atoms with Crippen LogP contribution in [-0.2, 0) is 14.6 Å². The van der Waals surface area contributed by atoms with E-state index in [1.54, 1.807) is 0 Å². The predicted molar refractivity (Wildman–Crippen MR) is 46.7 cm³/mol. The summed E-state index contributed by atoms with van der Waals surface area (Å²) in [5, 5.41) is 0. The molecule has 0 amide bonds. The molecule has 0 bridgehead atoms. The Balaban J connectivity index is 2.48. The summed E-state index contributed by atoms with van der Waals surface area (Å²) < 4.78 is 21.6. The molecule has 3 nitrogen and oxygen atoms in total. The lowest BCUT2D eigenvalue weighted by atomic mass is 10.0. The lowest BCUT2D eigenvalue weighted by molar-refractivity contribution is -0.120. The smallest absolute Gasteiger partial charge is 0.154 e. The minimum absolute atomic E-state index is 0.0275. The second kappa shape index (κ2) is 3.56. The van der Waals surface area contributed by atoms with E-state index in [1.807, 2.05) is 0 Å². The summed E-state index contributed by atoms with van der Waals surface area (Å²) in [4.78, 5) is 11.3. The van der Waals surface area contributed by atoms with Crippen LogP contribution in [0.15, 0.2) is 0 Å². The highest BCUT2D eigenvalue weighted by Crippen LogP contribution is 2.25. The summed E-state index contributed by atoms with van der Waals surface area (Å²) in [7, 11) is -3.11. The third-order valence-electron chi connectivity index (χ3n) is 2.21. The van der Waals surface area contributed by atoms with Gasteiger partial charge in [-0.25, -0.2) is 8.42 Å². The number of carbonyl (C=O) groups is 1. The zero-order valence-electron chi connectivity index (χ0n) is 7.25. The number of sulfone groups is 1. The average Bonchev–Trinajstić information content (AvgIpc) is 2.32. The summed E-state index contributed by atoms with van der Waals surface area (Å²) in [5.41, 5.74) is 0. The van der Waals surface area contributed by atoms with Crippen LogP contribution in [0.1, 0.15) is 25.7 Å². The molecule has 0 aromatic heterocycles. The third-order valence-corrected chi connectivity index (χ3v) is 3.02. The molecule has 1 fully saturated rings. The van der Waals surface area contributed by atoms with E-state index in [4.69, 9.17) is 0 Å². The normalized spacial score (nSPS) is 19.8. The fourth-order valence-corrected chi connectivity index (χ4v) is 2.38. The first-order valence-electron chi connectivity index (χ1n) is 4.19. The number of hydrogen-bond acceptors (Lipinski definition) is 3. The highest BCUT2D eigenvalue weighted by atomic mass is 32.2. The Hall–Kier alpha value is -0.380. The van der Waals surface area contributed by atoms with Crippen molar-refractivity contribution in [2.45, 2.75) is 25.7 Å². The van der Waals surface area contributed by atoms with Gasteiger partial charge >= 0.3 is 0 Å². The van der Waals surface area contributed by atoms with Gasteiger partial charge in [0.2, 0.25) is 0 Å². The molecule has 0 N–H and O–H groups in total. The third kappa shape index (κ3) is 2.93. The van der Waals surface area contributed by atoms with Gasteiger partial charge in [0.1, 0.15) is 5.75 Å². The summed E-state index contributed by atoms with van der Waals surface area (Å²) >= 11 is 0. The van der Waals surface area contributed by atoms with Crippen LogP contribution in [0.3, 0.4) is 0 Å². The molecule has 1 aliphatic rings. The van der Waals surface area contributed by atoms with Gasteiger partial charge < -0.3 is 0 Å². The van der Waals surface area contributed by atoms with E-state index in [-0.39, 0.29) is 17.5 Å². The Morgan fingerprint density at radius 1 is 1.33 bits per heavy atom. The maximum absolute atomic E-state index is 11.3. The van der Waals surface area contributed by atoms with Crippen molar-refractivity contribution >= 4 is 15.6 Å². The molecule has 0 radical (unpaired) electrons. The number of Topliss-reactive ketones (excluding diaryl/α,β-unsaturated/α-hetero) is 1. The van der Waals surface area contributed by atoms with Gasteiger partial charge in [-0.15, -0.1) is 0 Å². The molecule has 0 saturated heterocycles. The van der Waals surface area contributed by atoms with Crippen molar-refractivity contribution < 1.29 is 13.2 Å². The van der Waals surface area contributed by atoms with Crippen LogP contribution in [0.25, 0.3) is 0 Å². The maximum atomic E-state index is 11.3. The van der Waals surface area contributed by atoms with Crippen molar-refractivity contribution in [2.75, 3.05) is 12.0 Å². The van der Waals surface area contributed by atoms with Crippen LogP contribution in [0.2, 0.25) is 0 Å². The highest BCUT2D eigenvalue weighted by Gasteiger charge is 2.24. The molecule has 0 aromatic carbocycles. The molecule has 0 aromatic rings. The van der Waals surface area contributed by atoms with E-state index in [0.717, 1.165) is 31.9 Å². The molecule has 0 atom stereocenters. The van der Waals surface area contributed by atoms with E-state index in [9.17, 15) is 13.2 Å². The molecular formula is C8H14O3S. The predicted octanol–water partition coefficient (Wildman–Crippen LogP) is 0.790. The number of ketones is 1. The van der Waals surface area contributed by atoms with E-state index >= 15 is 0 Å². The molecule has 0 heterocycles. The molecular weight excluding hydrogens is 176 g/mol. The van der Waals surface area contributed by atoms with Gasteiger partial charge in [-0.05, 0) is 12.8 Å². The summed E-state index contributed by atoms with van der Waals surface area (Å²) in [5.74, 6) is -0.327. The number of rotatable bonds is 3. The Kier molecular flexibility index (Phi) is 2.88. The summed E-state index contributed by atoms with van der Waals surface area (Å²) in [6.45, 7) is 0. The van der Waals surface area contributed by atoms with Gasteiger partial charge in [-0.1, -0.05) is 12.8 Å².